The molecular formula is C37H38N2O. The Labute approximate surface area is 237 Å². The SMILES string of the molecule is CC1=CC=C(C)C1c1ccc(CC2CCCc3nc(C)n(C(c4ccccc4)c4ccccc4)c(=O)c3C2)cc1. The highest BCUT2D eigenvalue weighted by Gasteiger charge is 2.27. The maximum atomic E-state index is 14.3. The second kappa shape index (κ2) is 11.3. The van der Waals surface area contributed by atoms with Gasteiger partial charge < -0.3 is 0 Å². The minimum atomic E-state index is -0.201. The van der Waals surface area contributed by atoms with Gasteiger partial charge in [0, 0.05) is 11.5 Å². The molecule has 1 aromatic heterocycles. The quantitative estimate of drug-likeness (QED) is 0.239. The lowest BCUT2D eigenvalue weighted by Crippen LogP contribution is -2.33. The van der Waals surface area contributed by atoms with Crippen molar-refractivity contribution in [2.24, 2.45) is 5.92 Å². The van der Waals surface area contributed by atoms with E-state index in [2.05, 4.69) is 74.5 Å². The number of hydrogen-bond acceptors (Lipinski definition) is 2. The zero-order chi connectivity index (χ0) is 27.6. The zero-order valence-electron chi connectivity index (χ0n) is 23.8. The Balaban J connectivity index is 1.31. The van der Waals surface area contributed by atoms with Crippen molar-refractivity contribution in [3.63, 3.8) is 0 Å². The van der Waals surface area contributed by atoms with E-state index in [0.717, 1.165) is 60.3 Å². The molecule has 6 rings (SSSR count). The average Bonchev–Trinajstić information content (AvgIpc) is 3.18. The zero-order valence-corrected chi connectivity index (χ0v) is 23.8. The Kier molecular flexibility index (Phi) is 7.38. The highest BCUT2D eigenvalue weighted by molar-refractivity contribution is 5.45. The van der Waals surface area contributed by atoms with E-state index < -0.39 is 0 Å². The fraction of sp³-hybridized carbons (Fsp3) is 0.297. The normalized spacial score (nSPS) is 17.4. The van der Waals surface area contributed by atoms with E-state index in [0.29, 0.717) is 11.8 Å². The molecule has 40 heavy (non-hydrogen) atoms. The standard InChI is InChI=1S/C37H38N2O/c1-25-17-18-26(2)35(25)30-21-19-28(20-22-30)23-29-11-10-16-34-33(24-29)37(40)39(27(3)38-34)36(31-12-6-4-7-13-31)32-14-8-5-9-15-32/h4-9,12-15,17-22,29,35-36H,10-11,16,23-24H2,1-3H3. The van der Waals surface area contributed by atoms with Crippen molar-refractivity contribution in [3.8, 4) is 0 Å². The first kappa shape index (κ1) is 26.3. The van der Waals surface area contributed by atoms with Crippen molar-refractivity contribution < 1.29 is 0 Å². The third-order valence-electron chi connectivity index (χ3n) is 8.84. The number of rotatable bonds is 6. The fourth-order valence-corrected chi connectivity index (χ4v) is 6.85. The van der Waals surface area contributed by atoms with Crippen LogP contribution in [0.5, 0.6) is 0 Å². The van der Waals surface area contributed by atoms with Crippen LogP contribution in [0.25, 0.3) is 0 Å². The molecular weight excluding hydrogens is 488 g/mol. The molecule has 0 saturated carbocycles. The monoisotopic (exact) mass is 526 g/mol. The molecule has 2 aliphatic carbocycles. The lowest BCUT2D eigenvalue weighted by molar-refractivity contribution is 0.475. The molecule has 0 aliphatic heterocycles. The predicted molar refractivity (Wildman–Crippen MR) is 164 cm³/mol. The number of benzene rings is 3. The van der Waals surface area contributed by atoms with Crippen LogP contribution in [0.4, 0.5) is 0 Å². The molecule has 0 saturated heterocycles. The molecule has 1 unspecified atom stereocenters. The lowest BCUT2D eigenvalue weighted by atomic mass is 9.87. The smallest absolute Gasteiger partial charge is 0.257 e. The van der Waals surface area contributed by atoms with E-state index >= 15 is 0 Å². The largest absolute Gasteiger partial charge is 0.285 e. The van der Waals surface area contributed by atoms with Gasteiger partial charge in [-0.2, -0.15) is 0 Å². The summed E-state index contributed by atoms with van der Waals surface area (Å²) in [6, 6.07) is 29.7. The average molecular weight is 527 g/mol. The highest BCUT2D eigenvalue weighted by Crippen LogP contribution is 2.36. The van der Waals surface area contributed by atoms with Gasteiger partial charge in [0.2, 0.25) is 0 Å². The number of aryl methyl sites for hydroxylation is 2. The molecule has 0 radical (unpaired) electrons. The van der Waals surface area contributed by atoms with Crippen molar-refractivity contribution in [2.75, 3.05) is 0 Å². The van der Waals surface area contributed by atoms with E-state index in [4.69, 9.17) is 4.98 Å². The third-order valence-corrected chi connectivity index (χ3v) is 8.84. The highest BCUT2D eigenvalue weighted by atomic mass is 16.1. The van der Waals surface area contributed by atoms with Crippen molar-refractivity contribution >= 4 is 0 Å². The third kappa shape index (κ3) is 5.13. The summed E-state index contributed by atoms with van der Waals surface area (Å²) in [5, 5.41) is 0. The Morgan fingerprint density at radius 1 is 0.825 bits per heavy atom. The van der Waals surface area contributed by atoms with Crippen molar-refractivity contribution in [1.82, 2.24) is 9.55 Å². The van der Waals surface area contributed by atoms with Gasteiger partial charge in [0.25, 0.3) is 5.56 Å². The van der Waals surface area contributed by atoms with Crippen molar-refractivity contribution in [2.45, 2.75) is 64.8 Å². The van der Waals surface area contributed by atoms with Crippen molar-refractivity contribution in [3.05, 3.63) is 158 Å². The van der Waals surface area contributed by atoms with Crippen LogP contribution in [0.2, 0.25) is 0 Å². The maximum Gasteiger partial charge on any atom is 0.257 e. The van der Waals surface area contributed by atoms with Crippen molar-refractivity contribution in [1.29, 1.82) is 0 Å². The van der Waals surface area contributed by atoms with Gasteiger partial charge in [-0.05, 0) is 81.0 Å². The molecule has 4 aromatic rings. The second-order valence-corrected chi connectivity index (χ2v) is 11.6. The first-order valence-electron chi connectivity index (χ1n) is 14.6. The molecule has 0 amide bonds. The van der Waals surface area contributed by atoms with Gasteiger partial charge in [0.15, 0.2) is 0 Å². The first-order chi connectivity index (χ1) is 19.5. The molecule has 0 N–H and O–H groups in total. The van der Waals surface area contributed by atoms with Gasteiger partial charge in [0.1, 0.15) is 5.82 Å². The van der Waals surface area contributed by atoms with E-state index in [9.17, 15) is 4.79 Å². The van der Waals surface area contributed by atoms with Gasteiger partial charge in [-0.1, -0.05) is 108 Å². The Bertz CT molecular complexity index is 1550. The molecule has 0 bridgehead atoms. The minimum absolute atomic E-state index is 0.119. The molecule has 202 valence electrons. The summed E-state index contributed by atoms with van der Waals surface area (Å²) in [6.45, 7) is 6.43. The van der Waals surface area contributed by atoms with Gasteiger partial charge in [-0.15, -0.1) is 0 Å². The van der Waals surface area contributed by atoms with E-state index in [-0.39, 0.29) is 11.6 Å². The van der Waals surface area contributed by atoms with E-state index in [1.165, 1.54) is 22.3 Å². The van der Waals surface area contributed by atoms with Gasteiger partial charge in [-0.25, -0.2) is 4.98 Å². The van der Waals surface area contributed by atoms with Crippen LogP contribution in [0.3, 0.4) is 0 Å². The number of allylic oxidation sites excluding steroid dienone is 4. The topological polar surface area (TPSA) is 34.9 Å². The van der Waals surface area contributed by atoms with Crippen LogP contribution in [0.1, 0.15) is 78.0 Å². The summed E-state index contributed by atoms with van der Waals surface area (Å²) < 4.78 is 1.94. The number of aromatic nitrogens is 2. The Morgan fingerprint density at radius 3 is 2.02 bits per heavy atom. The molecule has 0 spiro atoms. The summed E-state index contributed by atoms with van der Waals surface area (Å²) in [4.78, 5) is 19.4. The summed E-state index contributed by atoms with van der Waals surface area (Å²) in [6.07, 6.45) is 9.31. The molecule has 1 heterocycles. The number of hydrogen-bond donors (Lipinski definition) is 0. The summed E-state index contributed by atoms with van der Waals surface area (Å²) in [7, 11) is 0. The number of nitrogens with zero attached hydrogens (tertiary/aromatic N) is 2. The Hall–Kier alpha value is -3.98. The molecule has 3 heteroatoms. The van der Waals surface area contributed by atoms with Crippen LogP contribution >= 0.6 is 0 Å². The van der Waals surface area contributed by atoms with Gasteiger partial charge in [0.05, 0.1) is 11.7 Å². The molecule has 2 aliphatic rings. The second-order valence-electron chi connectivity index (χ2n) is 11.6. The van der Waals surface area contributed by atoms with E-state index in [1.807, 2.05) is 47.9 Å². The Morgan fingerprint density at radius 2 is 1.43 bits per heavy atom. The molecule has 1 atom stereocenters. The van der Waals surface area contributed by atoms with Crippen LogP contribution in [0.15, 0.2) is 113 Å². The number of fused-ring (bicyclic) bond motifs is 1. The predicted octanol–water partition coefficient (Wildman–Crippen LogP) is 7.92. The van der Waals surface area contributed by atoms with Crippen LogP contribution in [-0.2, 0) is 19.3 Å². The lowest BCUT2D eigenvalue weighted by Gasteiger charge is -2.25. The van der Waals surface area contributed by atoms with Gasteiger partial charge in [-0.3, -0.25) is 9.36 Å². The summed E-state index contributed by atoms with van der Waals surface area (Å²) >= 11 is 0. The van der Waals surface area contributed by atoms with Gasteiger partial charge >= 0.3 is 0 Å². The molecule has 3 nitrogen and oxygen atoms in total. The summed E-state index contributed by atoms with van der Waals surface area (Å²) in [5.41, 5.74) is 9.77. The maximum absolute atomic E-state index is 14.3. The van der Waals surface area contributed by atoms with Crippen LogP contribution in [-0.4, -0.2) is 9.55 Å². The first-order valence-corrected chi connectivity index (χ1v) is 14.6. The fourth-order valence-electron chi connectivity index (χ4n) is 6.85. The van der Waals surface area contributed by atoms with E-state index in [1.54, 1.807) is 0 Å². The van der Waals surface area contributed by atoms with Crippen LogP contribution in [0, 0.1) is 12.8 Å². The summed E-state index contributed by atoms with van der Waals surface area (Å²) in [5.74, 6) is 1.63. The minimum Gasteiger partial charge on any atom is -0.285 e. The molecule has 0 fully saturated rings. The van der Waals surface area contributed by atoms with Crippen LogP contribution < -0.4 is 5.56 Å². The molecule has 3 aromatic carbocycles.